The second-order valence-electron chi connectivity index (χ2n) is 7.18. The van der Waals surface area contributed by atoms with E-state index in [0.29, 0.717) is 18.0 Å². The third kappa shape index (κ3) is 2.57. The largest absolute Gasteiger partial charge is 0.362 e. The first-order valence-electron chi connectivity index (χ1n) is 9.02. The Labute approximate surface area is 146 Å². The molecule has 25 heavy (non-hydrogen) atoms. The van der Waals surface area contributed by atoms with Crippen molar-refractivity contribution in [1.29, 1.82) is 0 Å². The van der Waals surface area contributed by atoms with E-state index in [9.17, 15) is 0 Å². The maximum atomic E-state index is 4.56. The molecule has 1 saturated heterocycles. The van der Waals surface area contributed by atoms with Crippen LogP contribution in [0.25, 0.3) is 5.65 Å². The smallest absolute Gasteiger partial charge is 0.203 e. The Morgan fingerprint density at radius 1 is 1.08 bits per heavy atom. The fourth-order valence-electron chi connectivity index (χ4n) is 3.98. The van der Waals surface area contributed by atoms with Crippen LogP contribution in [0.4, 0.5) is 5.82 Å². The first-order valence-corrected chi connectivity index (χ1v) is 9.02. The molecule has 2 aromatic heterocycles. The molecule has 0 spiro atoms. The average Bonchev–Trinajstić information content (AvgIpc) is 3.29. The molecule has 3 heterocycles. The maximum absolute atomic E-state index is 4.56. The quantitative estimate of drug-likeness (QED) is 0.795. The van der Waals surface area contributed by atoms with Crippen molar-refractivity contribution in [3.63, 3.8) is 0 Å². The third-order valence-electron chi connectivity index (χ3n) is 5.41. The lowest BCUT2D eigenvalue weighted by atomic mass is 10.0. The van der Waals surface area contributed by atoms with Gasteiger partial charge in [0.1, 0.15) is 5.82 Å². The van der Waals surface area contributed by atoms with E-state index in [2.05, 4.69) is 67.2 Å². The van der Waals surface area contributed by atoms with Gasteiger partial charge in [0.05, 0.1) is 6.04 Å². The van der Waals surface area contributed by atoms with Gasteiger partial charge in [-0.1, -0.05) is 30.3 Å². The second-order valence-corrected chi connectivity index (χ2v) is 7.18. The molecule has 0 radical (unpaired) electrons. The Bertz CT molecular complexity index is 885. The van der Waals surface area contributed by atoms with Gasteiger partial charge in [0.2, 0.25) is 5.65 Å². The lowest BCUT2D eigenvalue weighted by Crippen LogP contribution is -2.29. The number of likely N-dealkylation sites (tertiary alicyclic amines) is 1. The Morgan fingerprint density at radius 2 is 1.92 bits per heavy atom. The van der Waals surface area contributed by atoms with Crippen molar-refractivity contribution in [1.82, 2.24) is 24.5 Å². The number of rotatable bonds is 4. The van der Waals surface area contributed by atoms with Crippen LogP contribution in [0.1, 0.15) is 42.6 Å². The van der Waals surface area contributed by atoms with Crippen LogP contribution in [0.3, 0.4) is 0 Å². The Balaban J connectivity index is 1.47. The number of nitrogens with one attached hydrogen (secondary N) is 1. The molecule has 6 heteroatoms. The van der Waals surface area contributed by atoms with E-state index in [1.54, 1.807) is 0 Å². The van der Waals surface area contributed by atoms with Gasteiger partial charge in [-0.3, -0.25) is 9.30 Å². The summed E-state index contributed by atoms with van der Waals surface area (Å²) in [5.41, 5.74) is 2.18. The fourth-order valence-corrected chi connectivity index (χ4v) is 3.98. The fraction of sp³-hybridized carbons (Fsp3) is 0.421. The molecule has 2 fully saturated rings. The van der Waals surface area contributed by atoms with Crippen molar-refractivity contribution in [3.8, 4) is 0 Å². The molecule has 3 aromatic rings. The van der Waals surface area contributed by atoms with Crippen molar-refractivity contribution in [2.24, 2.45) is 0 Å². The standard InChI is InChI=1S/C19H22N6/c1-24-11-9-15(16(24)13-5-3-2-4-6-13)21-17-19-23-22-18(14-7-8-14)25(19)12-10-20-17/h2-6,10,12,14-16H,7-9,11H2,1H3,(H,20,21)/t15-,16-/m0/s1. The van der Waals surface area contributed by atoms with Gasteiger partial charge in [-0.05, 0) is 31.9 Å². The molecule has 1 saturated carbocycles. The van der Waals surface area contributed by atoms with E-state index >= 15 is 0 Å². The molecule has 128 valence electrons. The lowest BCUT2D eigenvalue weighted by Gasteiger charge is -2.26. The topological polar surface area (TPSA) is 58.4 Å². The first kappa shape index (κ1) is 14.8. The molecule has 2 atom stereocenters. The van der Waals surface area contributed by atoms with Gasteiger partial charge in [-0.2, -0.15) is 0 Å². The Hall–Kier alpha value is -2.47. The van der Waals surface area contributed by atoms with Crippen LogP contribution >= 0.6 is 0 Å². The van der Waals surface area contributed by atoms with E-state index in [-0.39, 0.29) is 0 Å². The van der Waals surface area contributed by atoms with Crippen molar-refractivity contribution in [3.05, 3.63) is 54.1 Å². The van der Waals surface area contributed by atoms with Crippen LogP contribution in [-0.2, 0) is 0 Å². The highest BCUT2D eigenvalue weighted by molar-refractivity contribution is 5.63. The van der Waals surface area contributed by atoms with Crippen LogP contribution < -0.4 is 5.32 Å². The molecule has 0 bridgehead atoms. The predicted octanol–water partition coefficient (Wildman–Crippen LogP) is 2.86. The monoisotopic (exact) mass is 334 g/mol. The van der Waals surface area contributed by atoms with Gasteiger partial charge in [0, 0.05) is 30.9 Å². The Morgan fingerprint density at radius 3 is 2.72 bits per heavy atom. The van der Waals surface area contributed by atoms with Crippen LogP contribution in [0.15, 0.2) is 42.7 Å². The minimum absolute atomic E-state index is 0.312. The number of benzene rings is 1. The second kappa shape index (κ2) is 5.81. The van der Waals surface area contributed by atoms with Crippen LogP contribution in [0.5, 0.6) is 0 Å². The predicted molar refractivity (Wildman–Crippen MR) is 96.6 cm³/mol. The molecule has 5 rings (SSSR count). The summed E-state index contributed by atoms with van der Waals surface area (Å²) in [7, 11) is 2.19. The summed E-state index contributed by atoms with van der Waals surface area (Å²) in [6.07, 6.45) is 7.34. The summed E-state index contributed by atoms with van der Waals surface area (Å²) < 4.78 is 2.10. The molecule has 6 nitrogen and oxygen atoms in total. The Kier molecular flexibility index (Phi) is 3.45. The average molecular weight is 334 g/mol. The number of likely N-dealkylation sites (N-methyl/N-ethyl adjacent to an activating group) is 1. The molecule has 1 aromatic carbocycles. The summed E-state index contributed by atoms with van der Waals surface area (Å²) in [5, 5.41) is 12.5. The van der Waals surface area contributed by atoms with Gasteiger partial charge in [0.25, 0.3) is 0 Å². The number of anilines is 1. The maximum Gasteiger partial charge on any atom is 0.203 e. The normalized spacial score (nSPS) is 24.0. The van der Waals surface area contributed by atoms with Gasteiger partial charge in [-0.25, -0.2) is 4.98 Å². The van der Waals surface area contributed by atoms with Crippen molar-refractivity contribution < 1.29 is 0 Å². The molecular formula is C19H22N6. The van der Waals surface area contributed by atoms with E-state index in [0.717, 1.165) is 30.3 Å². The highest BCUT2D eigenvalue weighted by Crippen LogP contribution is 2.39. The number of nitrogens with zero attached hydrogens (tertiary/aromatic N) is 5. The molecular weight excluding hydrogens is 312 g/mol. The molecule has 0 unspecified atom stereocenters. The van der Waals surface area contributed by atoms with Gasteiger partial charge >= 0.3 is 0 Å². The van der Waals surface area contributed by atoms with E-state index in [4.69, 9.17) is 0 Å². The van der Waals surface area contributed by atoms with Crippen LogP contribution in [0.2, 0.25) is 0 Å². The summed E-state index contributed by atoms with van der Waals surface area (Å²) >= 11 is 0. The zero-order chi connectivity index (χ0) is 16.8. The van der Waals surface area contributed by atoms with Crippen LogP contribution in [-0.4, -0.2) is 44.1 Å². The first-order chi connectivity index (χ1) is 12.3. The number of hydrogen-bond acceptors (Lipinski definition) is 5. The summed E-state index contributed by atoms with van der Waals surface area (Å²) in [4.78, 5) is 6.97. The molecule has 2 aliphatic rings. The van der Waals surface area contributed by atoms with Crippen molar-refractivity contribution >= 4 is 11.5 Å². The zero-order valence-corrected chi connectivity index (χ0v) is 14.3. The molecule has 1 N–H and O–H groups in total. The van der Waals surface area contributed by atoms with Gasteiger partial charge < -0.3 is 5.32 Å². The minimum Gasteiger partial charge on any atom is -0.362 e. The summed E-state index contributed by atoms with van der Waals surface area (Å²) in [5.74, 6) is 2.48. The summed E-state index contributed by atoms with van der Waals surface area (Å²) in [6.45, 7) is 1.07. The zero-order valence-electron chi connectivity index (χ0n) is 14.3. The number of fused-ring (bicyclic) bond motifs is 1. The molecule has 1 aliphatic heterocycles. The van der Waals surface area contributed by atoms with E-state index in [1.807, 2.05) is 12.4 Å². The lowest BCUT2D eigenvalue weighted by molar-refractivity contribution is 0.309. The highest BCUT2D eigenvalue weighted by atomic mass is 15.3. The summed E-state index contributed by atoms with van der Waals surface area (Å²) in [6, 6.07) is 11.4. The molecule has 0 amide bonds. The van der Waals surface area contributed by atoms with Crippen LogP contribution in [0, 0.1) is 0 Å². The SMILES string of the molecule is CN1CC[C@H](Nc2nccn3c(C4CC4)nnc23)[C@@H]1c1ccccc1. The van der Waals surface area contributed by atoms with E-state index in [1.165, 1.54) is 18.4 Å². The van der Waals surface area contributed by atoms with Gasteiger partial charge in [0.15, 0.2) is 5.82 Å². The van der Waals surface area contributed by atoms with Gasteiger partial charge in [-0.15, -0.1) is 10.2 Å². The minimum atomic E-state index is 0.312. The molecule has 1 aliphatic carbocycles. The number of hydrogen-bond donors (Lipinski definition) is 1. The third-order valence-corrected chi connectivity index (χ3v) is 5.41. The van der Waals surface area contributed by atoms with E-state index < -0.39 is 0 Å². The highest BCUT2D eigenvalue weighted by Gasteiger charge is 2.34. The van der Waals surface area contributed by atoms with Crippen molar-refractivity contribution in [2.75, 3.05) is 18.9 Å². The number of aromatic nitrogens is 4. The van der Waals surface area contributed by atoms with Crippen molar-refractivity contribution in [2.45, 2.75) is 37.3 Å².